The van der Waals surface area contributed by atoms with E-state index >= 15 is 0 Å². The molecule has 0 bridgehead atoms. The summed E-state index contributed by atoms with van der Waals surface area (Å²) in [6.45, 7) is 1.83. The number of nitrogens with one attached hydrogen (secondary N) is 1. The van der Waals surface area contributed by atoms with E-state index in [1.807, 2.05) is 19.1 Å². The molecule has 0 saturated heterocycles. The highest BCUT2D eigenvalue weighted by Crippen LogP contribution is 2.46. The van der Waals surface area contributed by atoms with E-state index in [1.54, 1.807) is 48.5 Å². The quantitative estimate of drug-likeness (QED) is 0.150. The molecule has 5 rings (SSSR count). The topological polar surface area (TPSA) is 198 Å². The molecule has 0 heterocycles. The molecule has 0 fully saturated rings. The summed E-state index contributed by atoms with van der Waals surface area (Å²) in [7, 11) is -10.5. The van der Waals surface area contributed by atoms with Crippen LogP contribution in [0.4, 0.5) is 17.1 Å². The van der Waals surface area contributed by atoms with Crippen molar-refractivity contribution >= 4 is 54.0 Å². The average molecular weight is 632 g/mol. The zero-order chi connectivity index (χ0) is 31.6. The number of phenolic OH excluding ortho intramolecular Hbond substituents is 1. The first kappa shape index (κ1) is 30.3. The van der Waals surface area contributed by atoms with Crippen molar-refractivity contribution in [1.29, 1.82) is 0 Å². The number of hydrogen-bond donors (Lipinski definition) is 2. The number of benzene rings is 5. The number of nitrogens with zero attached hydrogens (tertiary/aromatic N) is 2. The fourth-order valence-corrected chi connectivity index (χ4v) is 5.47. The zero-order valence-corrected chi connectivity index (χ0v) is 24.3. The molecule has 0 aliphatic rings. The second-order valence-corrected chi connectivity index (χ2v) is 12.1. The fraction of sp³-hybridized carbons (Fsp3) is 0.0333. The summed E-state index contributed by atoms with van der Waals surface area (Å²) < 4.78 is 78.5. The molecule has 0 aliphatic carbocycles. The minimum absolute atomic E-state index is 0.106. The maximum atomic E-state index is 12.9. The Kier molecular flexibility index (Phi) is 8.17. The van der Waals surface area contributed by atoms with Gasteiger partial charge in [0.25, 0.3) is 5.91 Å². The Bertz CT molecular complexity index is 2170. The van der Waals surface area contributed by atoms with E-state index in [4.69, 9.17) is 4.74 Å². The monoisotopic (exact) mass is 631 g/mol. The lowest BCUT2D eigenvalue weighted by Crippen LogP contribution is -2.13. The number of aryl methyl sites for hydroxylation is 1. The van der Waals surface area contributed by atoms with Crippen LogP contribution in [0, 0.1) is 6.92 Å². The standard InChI is InChI=1S/C30H23N3O9S2/c1-18-9-5-7-13-24(18)42-25-14-8-6-12-22(25)32-33-28-26(44(39,40)41)16-20-15-21(43(36,37)38)17-23(27(20)29(28)34)31-30(35)19-10-3-2-4-11-19/h2-17,34H,1H3,(H,31,35)(H,36,37,38)(H,39,40,41)/p-2. The molecule has 5 aromatic carbocycles. The summed E-state index contributed by atoms with van der Waals surface area (Å²) in [4.78, 5) is 11.0. The number of fused-ring (bicyclic) bond motifs is 1. The van der Waals surface area contributed by atoms with Gasteiger partial charge in [0.2, 0.25) is 0 Å². The van der Waals surface area contributed by atoms with Crippen LogP contribution >= 0.6 is 0 Å². The second-order valence-electron chi connectivity index (χ2n) is 9.40. The summed E-state index contributed by atoms with van der Waals surface area (Å²) in [6.07, 6.45) is 0. The van der Waals surface area contributed by atoms with Crippen LogP contribution in [0.3, 0.4) is 0 Å². The van der Waals surface area contributed by atoms with Gasteiger partial charge in [-0.1, -0.05) is 48.5 Å². The van der Waals surface area contributed by atoms with Gasteiger partial charge in [-0.05, 0) is 66.4 Å². The predicted octanol–water partition coefficient (Wildman–Crippen LogP) is 6.12. The van der Waals surface area contributed by atoms with Crippen LogP contribution in [0.15, 0.2) is 117 Å². The van der Waals surface area contributed by atoms with E-state index in [-0.39, 0.29) is 33.5 Å². The fourth-order valence-electron chi connectivity index (χ4n) is 4.29. The molecule has 0 atom stereocenters. The number of amides is 1. The first-order valence-electron chi connectivity index (χ1n) is 12.7. The van der Waals surface area contributed by atoms with E-state index in [1.165, 1.54) is 18.2 Å². The van der Waals surface area contributed by atoms with Crippen molar-refractivity contribution in [2.24, 2.45) is 10.2 Å². The van der Waals surface area contributed by atoms with Crippen molar-refractivity contribution < 1.29 is 40.6 Å². The third kappa shape index (κ3) is 6.43. The summed E-state index contributed by atoms with van der Waals surface area (Å²) in [5, 5.41) is 21.0. The Morgan fingerprint density at radius 1 is 0.795 bits per heavy atom. The Labute approximate surface area is 251 Å². The number of hydrogen-bond acceptors (Lipinski definition) is 11. The third-order valence-electron chi connectivity index (χ3n) is 6.40. The number of anilines is 1. The van der Waals surface area contributed by atoms with Gasteiger partial charge in [0.15, 0.2) is 11.5 Å². The van der Waals surface area contributed by atoms with Crippen molar-refractivity contribution in [1.82, 2.24) is 0 Å². The lowest BCUT2D eigenvalue weighted by Gasteiger charge is -2.18. The molecule has 0 spiro atoms. The molecule has 0 unspecified atom stereocenters. The molecule has 0 radical (unpaired) electrons. The minimum atomic E-state index is -5.35. The van der Waals surface area contributed by atoms with Crippen LogP contribution in [0.25, 0.3) is 10.8 Å². The lowest BCUT2D eigenvalue weighted by molar-refractivity contribution is 0.102. The molecule has 1 amide bonds. The lowest BCUT2D eigenvalue weighted by atomic mass is 10.1. The Morgan fingerprint density at radius 3 is 2.09 bits per heavy atom. The molecule has 0 aliphatic heterocycles. The molecular weight excluding hydrogens is 610 g/mol. The number of rotatable bonds is 8. The van der Waals surface area contributed by atoms with Gasteiger partial charge in [-0.15, -0.1) is 10.2 Å². The van der Waals surface area contributed by atoms with Crippen LogP contribution in [0.2, 0.25) is 0 Å². The summed E-state index contributed by atoms with van der Waals surface area (Å²) in [6, 6.07) is 23.6. The van der Waals surface area contributed by atoms with Gasteiger partial charge >= 0.3 is 0 Å². The van der Waals surface area contributed by atoms with Gasteiger partial charge in [0, 0.05) is 10.9 Å². The molecule has 0 aromatic heterocycles. The number of para-hydroxylation sites is 2. The maximum Gasteiger partial charge on any atom is 0.255 e. The van der Waals surface area contributed by atoms with Crippen LogP contribution in [-0.4, -0.2) is 37.0 Å². The van der Waals surface area contributed by atoms with Crippen LogP contribution in [0.5, 0.6) is 17.2 Å². The number of aromatic hydroxyl groups is 1. The van der Waals surface area contributed by atoms with E-state index < -0.39 is 47.4 Å². The predicted molar refractivity (Wildman–Crippen MR) is 158 cm³/mol. The van der Waals surface area contributed by atoms with Crippen LogP contribution in [0.1, 0.15) is 15.9 Å². The van der Waals surface area contributed by atoms with Crippen molar-refractivity contribution in [2.45, 2.75) is 16.7 Å². The summed E-state index contributed by atoms with van der Waals surface area (Å²) in [5.74, 6) is -0.929. The van der Waals surface area contributed by atoms with E-state index in [9.17, 15) is 35.8 Å². The van der Waals surface area contributed by atoms with Crippen LogP contribution < -0.4 is 10.1 Å². The van der Waals surface area contributed by atoms with Crippen LogP contribution in [-0.2, 0) is 20.2 Å². The van der Waals surface area contributed by atoms with Crippen molar-refractivity contribution in [3.63, 3.8) is 0 Å². The smallest absolute Gasteiger partial charge is 0.255 e. The third-order valence-corrected chi connectivity index (χ3v) is 8.07. The van der Waals surface area contributed by atoms with Gasteiger partial charge in [-0.2, -0.15) is 0 Å². The Morgan fingerprint density at radius 2 is 1.43 bits per heavy atom. The SMILES string of the molecule is Cc1ccccc1Oc1ccccc1N=Nc1c(S(=O)(=O)[O-])cc2cc(S(=O)(=O)[O-])cc(NC(=O)c3ccccc3)c2c1O. The molecule has 12 nitrogen and oxygen atoms in total. The second kappa shape index (κ2) is 11.9. The van der Waals surface area contributed by atoms with Gasteiger partial charge < -0.3 is 24.3 Å². The summed E-state index contributed by atoms with van der Waals surface area (Å²) >= 11 is 0. The highest BCUT2D eigenvalue weighted by atomic mass is 32.2. The largest absolute Gasteiger partial charge is 0.744 e. The summed E-state index contributed by atoms with van der Waals surface area (Å²) in [5.41, 5.74) is -0.0750. The van der Waals surface area contributed by atoms with E-state index in [2.05, 4.69) is 15.5 Å². The van der Waals surface area contributed by atoms with E-state index in [0.29, 0.717) is 5.75 Å². The van der Waals surface area contributed by atoms with Crippen molar-refractivity contribution in [3.8, 4) is 17.2 Å². The molecular formula is C30H21N3O9S2-2. The number of carbonyl (C=O) groups excluding carboxylic acids is 1. The normalized spacial score (nSPS) is 12.0. The average Bonchev–Trinajstić information content (AvgIpc) is 2.97. The van der Waals surface area contributed by atoms with Gasteiger partial charge in [0.1, 0.15) is 37.4 Å². The van der Waals surface area contributed by atoms with Gasteiger partial charge in [-0.25, -0.2) is 16.8 Å². The molecule has 224 valence electrons. The Balaban J connectivity index is 1.70. The number of phenols is 1. The first-order valence-corrected chi connectivity index (χ1v) is 15.5. The zero-order valence-electron chi connectivity index (χ0n) is 22.7. The van der Waals surface area contributed by atoms with Crippen molar-refractivity contribution in [2.75, 3.05) is 5.32 Å². The molecule has 5 aromatic rings. The molecule has 44 heavy (non-hydrogen) atoms. The molecule has 2 N–H and O–H groups in total. The molecule has 0 saturated carbocycles. The number of carbonyl (C=O) groups is 1. The maximum absolute atomic E-state index is 12.9. The highest BCUT2D eigenvalue weighted by Gasteiger charge is 2.23. The highest BCUT2D eigenvalue weighted by molar-refractivity contribution is 7.86. The van der Waals surface area contributed by atoms with Crippen molar-refractivity contribution in [3.05, 3.63) is 108 Å². The Hall–Kier alpha value is -5.15. The number of ether oxygens (including phenoxy) is 1. The minimum Gasteiger partial charge on any atom is -0.744 e. The molecule has 14 heteroatoms. The number of azo groups is 1. The van der Waals surface area contributed by atoms with Gasteiger partial charge in [-0.3, -0.25) is 4.79 Å². The van der Waals surface area contributed by atoms with E-state index in [0.717, 1.165) is 23.8 Å². The first-order chi connectivity index (χ1) is 20.8. The van der Waals surface area contributed by atoms with Gasteiger partial charge in [0.05, 0.1) is 15.5 Å².